The van der Waals surface area contributed by atoms with Crippen LogP contribution in [0.5, 0.6) is 0 Å². The highest BCUT2D eigenvalue weighted by Crippen LogP contribution is 2.28. The second-order valence-corrected chi connectivity index (χ2v) is 6.50. The second-order valence-electron chi connectivity index (χ2n) is 5.65. The van der Waals surface area contributed by atoms with E-state index in [1.165, 1.54) is 17.1 Å². The molecule has 27 heavy (non-hydrogen) atoms. The predicted octanol–water partition coefficient (Wildman–Crippen LogP) is 3.54. The fraction of sp³-hybridized carbons (Fsp3) is 0.105. The zero-order valence-electron chi connectivity index (χ0n) is 13.9. The van der Waals surface area contributed by atoms with Gasteiger partial charge in [-0.05, 0) is 35.9 Å². The number of hydrogen-bond donors (Lipinski definition) is 1. The van der Waals surface area contributed by atoms with Gasteiger partial charge in [0, 0.05) is 16.1 Å². The van der Waals surface area contributed by atoms with Gasteiger partial charge in [-0.25, -0.2) is 4.79 Å². The molecule has 2 aromatic rings. The van der Waals surface area contributed by atoms with Gasteiger partial charge < -0.3 is 10.1 Å². The summed E-state index contributed by atoms with van der Waals surface area (Å²) >= 11 is 11.8. The van der Waals surface area contributed by atoms with Crippen LogP contribution < -0.4 is 10.2 Å². The number of anilines is 2. The number of carbonyl (C=O) groups excluding carboxylic acids is 3. The van der Waals surface area contributed by atoms with E-state index in [1.54, 1.807) is 42.5 Å². The van der Waals surface area contributed by atoms with Gasteiger partial charge in [0.1, 0.15) is 6.54 Å². The first-order valence-electron chi connectivity index (χ1n) is 7.93. The van der Waals surface area contributed by atoms with Crippen LogP contribution in [-0.2, 0) is 19.1 Å². The minimum Gasteiger partial charge on any atom is -0.452 e. The number of halogens is 2. The van der Waals surface area contributed by atoms with Crippen LogP contribution in [-0.4, -0.2) is 30.9 Å². The number of esters is 1. The second kappa shape index (κ2) is 8.24. The summed E-state index contributed by atoms with van der Waals surface area (Å²) in [4.78, 5) is 37.3. The van der Waals surface area contributed by atoms with Crippen LogP contribution in [0, 0.1) is 0 Å². The summed E-state index contributed by atoms with van der Waals surface area (Å²) < 4.78 is 4.97. The topological polar surface area (TPSA) is 75.7 Å². The molecule has 0 atom stereocenters. The third-order valence-electron chi connectivity index (χ3n) is 3.77. The first-order chi connectivity index (χ1) is 12.9. The van der Waals surface area contributed by atoms with E-state index in [0.717, 1.165) is 0 Å². The zero-order valence-corrected chi connectivity index (χ0v) is 15.5. The number of nitrogens with zero attached hydrogens (tertiary/aromatic N) is 1. The monoisotopic (exact) mass is 404 g/mol. The molecule has 1 N–H and O–H groups in total. The molecule has 1 aliphatic rings. The average Bonchev–Trinajstić information content (AvgIpc) is 2.64. The quantitative estimate of drug-likeness (QED) is 0.624. The van der Waals surface area contributed by atoms with Crippen LogP contribution >= 0.6 is 23.2 Å². The molecular weight excluding hydrogens is 391 g/mol. The van der Waals surface area contributed by atoms with Gasteiger partial charge in [-0.3, -0.25) is 14.5 Å². The number of para-hydroxylation sites is 2. The summed E-state index contributed by atoms with van der Waals surface area (Å²) in [6, 6.07) is 11.7. The van der Waals surface area contributed by atoms with Gasteiger partial charge >= 0.3 is 5.97 Å². The molecule has 1 aliphatic heterocycles. The first-order valence-corrected chi connectivity index (χ1v) is 8.69. The van der Waals surface area contributed by atoms with Crippen LogP contribution in [0.15, 0.2) is 48.5 Å². The van der Waals surface area contributed by atoms with E-state index in [4.69, 9.17) is 27.9 Å². The third kappa shape index (κ3) is 4.67. The number of benzene rings is 2. The lowest BCUT2D eigenvalue weighted by atomic mass is 10.2. The minimum atomic E-state index is -0.705. The number of ether oxygens (including phenoxy) is 1. The highest BCUT2D eigenvalue weighted by Gasteiger charge is 2.26. The van der Waals surface area contributed by atoms with Crippen molar-refractivity contribution in [3.05, 3.63) is 64.1 Å². The number of carbonyl (C=O) groups is 3. The summed E-state index contributed by atoms with van der Waals surface area (Å²) in [7, 11) is 0. The van der Waals surface area contributed by atoms with E-state index < -0.39 is 18.5 Å². The van der Waals surface area contributed by atoms with Crippen molar-refractivity contribution in [1.82, 2.24) is 0 Å². The lowest BCUT2D eigenvalue weighted by molar-refractivity contribution is -0.143. The standard InChI is InChI=1S/C19H14Cl2N2O4/c20-13-7-5-12(14(21)9-13)6-8-19(26)27-11-18(25)23-10-17(24)22-15-3-1-2-4-16(15)23/h1-9H,10-11H2,(H,22,24)/b8-6+. The molecule has 0 aliphatic carbocycles. The summed E-state index contributed by atoms with van der Waals surface area (Å²) in [6.45, 7) is -0.622. The van der Waals surface area contributed by atoms with Gasteiger partial charge in [0.2, 0.25) is 5.91 Å². The Kier molecular flexibility index (Phi) is 5.78. The average molecular weight is 405 g/mol. The molecule has 2 amide bonds. The molecule has 6 nitrogen and oxygen atoms in total. The first kappa shape index (κ1) is 18.9. The molecule has 3 rings (SSSR count). The Balaban J connectivity index is 1.61. The van der Waals surface area contributed by atoms with Crippen molar-refractivity contribution in [2.75, 3.05) is 23.4 Å². The Hall–Kier alpha value is -2.83. The predicted molar refractivity (Wildman–Crippen MR) is 104 cm³/mol. The number of fused-ring (bicyclic) bond motifs is 1. The van der Waals surface area contributed by atoms with Crippen molar-refractivity contribution < 1.29 is 19.1 Å². The van der Waals surface area contributed by atoms with Gasteiger partial charge in [-0.15, -0.1) is 0 Å². The Morgan fingerprint density at radius 1 is 1.19 bits per heavy atom. The minimum absolute atomic E-state index is 0.135. The SMILES string of the molecule is O=C1CN(C(=O)COC(=O)/C=C/c2ccc(Cl)cc2Cl)c2ccccc2N1. The number of nitrogens with one attached hydrogen (secondary N) is 1. The third-order valence-corrected chi connectivity index (χ3v) is 4.33. The van der Waals surface area contributed by atoms with Gasteiger partial charge in [-0.2, -0.15) is 0 Å². The molecule has 8 heteroatoms. The van der Waals surface area contributed by atoms with Crippen molar-refractivity contribution >= 4 is 58.4 Å². The van der Waals surface area contributed by atoms with Crippen molar-refractivity contribution in [1.29, 1.82) is 0 Å². The van der Waals surface area contributed by atoms with Crippen molar-refractivity contribution in [3.8, 4) is 0 Å². The van der Waals surface area contributed by atoms with E-state index in [2.05, 4.69) is 5.32 Å². The molecule has 0 unspecified atom stereocenters. The van der Waals surface area contributed by atoms with Crippen LogP contribution in [0.25, 0.3) is 6.08 Å². The summed E-state index contributed by atoms with van der Waals surface area (Å²) in [5.74, 6) is -1.52. The van der Waals surface area contributed by atoms with E-state index >= 15 is 0 Å². The van der Waals surface area contributed by atoms with Crippen LogP contribution in [0.1, 0.15) is 5.56 Å². The van der Waals surface area contributed by atoms with E-state index in [1.807, 2.05) is 0 Å². The van der Waals surface area contributed by atoms with Crippen molar-refractivity contribution in [2.24, 2.45) is 0 Å². The Morgan fingerprint density at radius 2 is 1.96 bits per heavy atom. The highest BCUT2D eigenvalue weighted by atomic mass is 35.5. The Morgan fingerprint density at radius 3 is 2.74 bits per heavy atom. The lowest BCUT2D eigenvalue weighted by Gasteiger charge is -2.28. The highest BCUT2D eigenvalue weighted by molar-refractivity contribution is 6.35. The van der Waals surface area contributed by atoms with Crippen molar-refractivity contribution in [2.45, 2.75) is 0 Å². The zero-order chi connectivity index (χ0) is 19.4. The Bertz CT molecular complexity index is 943. The molecule has 0 aromatic heterocycles. The molecule has 0 fully saturated rings. The lowest BCUT2D eigenvalue weighted by Crippen LogP contribution is -2.43. The van der Waals surface area contributed by atoms with E-state index in [-0.39, 0.29) is 12.5 Å². The fourth-order valence-corrected chi connectivity index (χ4v) is 2.98. The molecule has 2 aromatic carbocycles. The van der Waals surface area contributed by atoms with E-state index in [0.29, 0.717) is 27.0 Å². The summed E-state index contributed by atoms with van der Waals surface area (Å²) in [5.41, 5.74) is 1.68. The maximum Gasteiger partial charge on any atom is 0.331 e. The fourth-order valence-electron chi connectivity index (χ4n) is 2.51. The van der Waals surface area contributed by atoms with Gasteiger partial charge in [0.25, 0.3) is 5.91 Å². The molecule has 0 saturated heterocycles. The van der Waals surface area contributed by atoms with Crippen molar-refractivity contribution in [3.63, 3.8) is 0 Å². The van der Waals surface area contributed by atoms with Gasteiger partial charge in [0.15, 0.2) is 6.61 Å². The largest absolute Gasteiger partial charge is 0.452 e. The molecule has 0 saturated carbocycles. The molecule has 0 spiro atoms. The van der Waals surface area contributed by atoms with Gasteiger partial charge in [-0.1, -0.05) is 41.4 Å². The van der Waals surface area contributed by atoms with Crippen LogP contribution in [0.4, 0.5) is 11.4 Å². The maximum absolute atomic E-state index is 12.4. The number of rotatable bonds is 4. The Labute approximate surface area is 165 Å². The molecule has 0 bridgehead atoms. The van der Waals surface area contributed by atoms with E-state index in [9.17, 15) is 14.4 Å². The normalized spacial score (nSPS) is 13.3. The number of hydrogen-bond acceptors (Lipinski definition) is 4. The van der Waals surface area contributed by atoms with Gasteiger partial charge in [0.05, 0.1) is 11.4 Å². The smallest absolute Gasteiger partial charge is 0.331 e. The number of amides is 2. The maximum atomic E-state index is 12.4. The summed E-state index contributed by atoms with van der Waals surface area (Å²) in [6.07, 6.45) is 2.63. The molecular formula is C19H14Cl2N2O4. The van der Waals surface area contributed by atoms with Crippen LogP contribution in [0.2, 0.25) is 10.0 Å². The van der Waals surface area contributed by atoms with Crippen LogP contribution in [0.3, 0.4) is 0 Å². The molecule has 138 valence electrons. The molecule has 0 radical (unpaired) electrons. The molecule has 1 heterocycles. The summed E-state index contributed by atoms with van der Waals surface area (Å²) in [5, 5.41) is 3.55.